The van der Waals surface area contributed by atoms with E-state index in [4.69, 9.17) is 5.11 Å². The van der Waals surface area contributed by atoms with E-state index in [9.17, 15) is 0 Å². The number of allylic oxidation sites excluding steroid dienone is 1. The van der Waals surface area contributed by atoms with Gasteiger partial charge in [-0.15, -0.1) is 0 Å². The highest BCUT2D eigenvalue weighted by atomic mass is 16.3. The van der Waals surface area contributed by atoms with Crippen LogP contribution in [0.15, 0.2) is 11.6 Å². The van der Waals surface area contributed by atoms with Crippen LogP contribution in [0.2, 0.25) is 0 Å². The highest BCUT2D eigenvalue weighted by Crippen LogP contribution is 2.48. The Bertz CT molecular complexity index is 221. The molecule has 88 valence electrons. The van der Waals surface area contributed by atoms with Gasteiger partial charge in [-0.3, -0.25) is 0 Å². The van der Waals surface area contributed by atoms with Crippen LogP contribution < -0.4 is 0 Å². The molecule has 0 amide bonds. The summed E-state index contributed by atoms with van der Waals surface area (Å²) in [7, 11) is 0. The first kappa shape index (κ1) is 12.8. The fourth-order valence-corrected chi connectivity index (χ4v) is 2.65. The maximum absolute atomic E-state index is 9.11. The predicted octanol–water partition coefficient (Wildman–Crippen LogP) is 3.78. The normalized spacial score (nSPS) is 30.9. The summed E-state index contributed by atoms with van der Waals surface area (Å²) in [6.07, 6.45) is 7.13. The first-order valence-electron chi connectivity index (χ1n) is 6.31. The molecule has 2 atom stereocenters. The molecule has 0 radical (unpaired) electrons. The molecule has 15 heavy (non-hydrogen) atoms. The fraction of sp³-hybridized carbons (Fsp3) is 0.857. The van der Waals surface area contributed by atoms with E-state index in [2.05, 4.69) is 33.8 Å². The van der Waals surface area contributed by atoms with E-state index in [0.29, 0.717) is 5.41 Å². The highest BCUT2D eigenvalue weighted by molar-refractivity contribution is 5.04. The maximum Gasteiger partial charge on any atom is 0.0641 e. The topological polar surface area (TPSA) is 20.2 Å². The van der Waals surface area contributed by atoms with Crippen molar-refractivity contribution in [3.05, 3.63) is 11.6 Å². The lowest BCUT2D eigenvalue weighted by Crippen LogP contribution is -2.22. The van der Waals surface area contributed by atoms with Crippen molar-refractivity contribution in [3.8, 4) is 0 Å². The Labute approximate surface area is 94.6 Å². The molecule has 1 nitrogen and oxygen atoms in total. The Kier molecular flexibility index (Phi) is 4.39. The van der Waals surface area contributed by atoms with Gasteiger partial charge in [0.2, 0.25) is 0 Å². The summed E-state index contributed by atoms with van der Waals surface area (Å²) < 4.78 is 0. The zero-order valence-electron chi connectivity index (χ0n) is 10.7. The van der Waals surface area contributed by atoms with Crippen molar-refractivity contribution in [2.24, 2.45) is 17.3 Å². The largest absolute Gasteiger partial charge is 0.392 e. The third kappa shape index (κ3) is 2.84. The molecule has 0 aromatic rings. The molecule has 1 aliphatic carbocycles. The molecular formula is C14H26O. The van der Waals surface area contributed by atoms with Gasteiger partial charge in [0, 0.05) is 0 Å². The van der Waals surface area contributed by atoms with Crippen molar-refractivity contribution in [2.45, 2.75) is 53.4 Å². The van der Waals surface area contributed by atoms with Gasteiger partial charge in [-0.1, -0.05) is 33.8 Å². The Morgan fingerprint density at radius 2 is 2.07 bits per heavy atom. The van der Waals surface area contributed by atoms with Gasteiger partial charge in [0.15, 0.2) is 0 Å². The Hall–Kier alpha value is -0.300. The first-order valence-corrected chi connectivity index (χ1v) is 6.31. The van der Waals surface area contributed by atoms with E-state index in [1.165, 1.54) is 18.4 Å². The number of aliphatic hydroxyl groups excluding tert-OH is 1. The molecule has 0 heterocycles. The molecule has 1 rings (SSSR count). The van der Waals surface area contributed by atoms with Gasteiger partial charge in [0.1, 0.15) is 0 Å². The summed E-state index contributed by atoms with van der Waals surface area (Å²) in [6.45, 7) is 9.52. The molecule has 0 aromatic carbocycles. The number of aliphatic hydroxyl groups is 1. The third-order valence-electron chi connectivity index (χ3n) is 4.62. The van der Waals surface area contributed by atoms with Crippen molar-refractivity contribution in [1.82, 2.24) is 0 Å². The van der Waals surface area contributed by atoms with E-state index in [-0.39, 0.29) is 6.61 Å². The number of rotatable bonds is 4. The third-order valence-corrected chi connectivity index (χ3v) is 4.62. The lowest BCUT2D eigenvalue weighted by Gasteiger charge is -2.30. The second-order valence-electron chi connectivity index (χ2n) is 5.61. The zero-order valence-corrected chi connectivity index (χ0v) is 10.7. The Morgan fingerprint density at radius 1 is 1.40 bits per heavy atom. The molecule has 0 saturated heterocycles. The van der Waals surface area contributed by atoms with Gasteiger partial charge in [0.25, 0.3) is 0 Å². The van der Waals surface area contributed by atoms with Crippen LogP contribution in [0.5, 0.6) is 0 Å². The minimum atomic E-state index is 0.235. The van der Waals surface area contributed by atoms with Crippen LogP contribution in [-0.4, -0.2) is 11.7 Å². The molecular weight excluding hydrogens is 184 g/mol. The smallest absolute Gasteiger partial charge is 0.0641 e. The fourth-order valence-electron chi connectivity index (χ4n) is 2.65. The standard InChI is InChI=1S/C14H26O/c1-5-12(10-15)7-9-13-8-6-11(2)14(13,3)4/h7,11,13,15H,5-6,8-10H2,1-4H3/b12-7+/t11?,13-/m1/s1. The van der Waals surface area contributed by atoms with Crippen LogP contribution in [0.1, 0.15) is 53.4 Å². The molecule has 1 unspecified atom stereocenters. The quantitative estimate of drug-likeness (QED) is 0.700. The summed E-state index contributed by atoms with van der Waals surface area (Å²) in [5.41, 5.74) is 1.68. The van der Waals surface area contributed by atoms with Crippen LogP contribution in [0.4, 0.5) is 0 Å². The van der Waals surface area contributed by atoms with Gasteiger partial charge in [-0.2, -0.15) is 0 Å². The molecule has 1 aliphatic rings. The minimum absolute atomic E-state index is 0.235. The molecule has 1 heteroatoms. The van der Waals surface area contributed by atoms with E-state index in [1.807, 2.05) is 0 Å². The molecule has 0 aromatic heterocycles. The van der Waals surface area contributed by atoms with Crippen LogP contribution in [0, 0.1) is 17.3 Å². The van der Waals surface area contributed by atoms with Crippen molar-refractivity contribution in [2.75, 3.05) is 6.61 Å². The summed E-state index contributed by atoms with van der Waals surface area (Å²) in [5, 5.41) is 9.11. The predicted molar refractivity (Wildman–Crippen MR) is 65.7 cm³/mol. The van der Waals surface area contributed by atoms with E-state index in [0.717, 1.165) is 24.7 Å². The second-order valence-corrected chi connectivity index (χ2v) is 5.61. The van der Waals surface area contributed by atoms with Crippen molar-refractivity contribution in [1.29, 1.82) is 0 Å². The van der Waals surface area contributed by atoms with Gasteiger partial charge in [-0.05, 0) is 48.5 Å². The van der Waals surface area contributed by atoms with Gasteiger partial charge < -0.3 is 5.11 Å². The van der Waals surface area contributed by atoms with E-state index in [1.54, 1.807) is 0 Å². The van der Waals surface area contributed by atoms with Gasteiger partial charge in [-0.25, -0.2) is 0 Å². The molecule has 1 fully saturated rings. The summed E-state index contributed by atoms with van der Waals surface area (Å²) in [4.78, 5) is 0. The monoisotopic (exact) mass is 210 g/mol. The molecule has 1 saturated carbocycles. The van der Waals surface area contributed by atoms with Crippen LogP contribution in [0.25, 0.3) is 0 Å². The molecule has 0 bridgehead atoms. The lowest BCUT2D eigenvalue weighted by atomic mass is 9.75. The first-order chi connectivity index (χ1) is 7.02. The van der Waals surface area contributed by atoms with Crippen LogP contribution >= 0.6 is 0 Å². The summed E-state index contributed by atoms with van der Waals surface area (Å²) in [6, 6.07) is 0. The Balaban J connectivity index is 2.56. The van der Waals surface area contributed by atoms with Crippen molar-refractivity contribution in [3.63, 3.8) is 0 Å². The Morgan fingerprint density at radius 3 is 2.47 bits per heavy atom. The van der Waals surface area contributed by atoms with Gasteiger partial charge >= 0.3 is 0 Å². The van der Waals surface area contributed by atoms with E-state index < -0.39 is 0 Å². The van der Waals surface area contributed by atoms with Crippen LogP contribution in [0.3, 0.4) is 0 Å². The van der Waals surface area contributed by atoms with E-state index >= 15 is 0 Å². The SMILES string of the molecule is CC/C(=C\C[C@H]1CCC(C)C1(C)C)CO. The second kappa shape index (κ2) is 5.16. The number of hydrogen-bond donors (Lipinski definition) is 1. The molecule has 0 aliphatic heterocycles. The van der Waals surface area contributed by atoms with Crippen LogP contribution in [-0.2, 0) is 0 Å². The minimum Gasteiger partial charge on any atom is -0.392 e. The average molecular weight is 210 g/mol. The van der Waals surface area contributed by atoms with Gasteiger partial charge in [0.05, 0.1) is 6.61 Å². The maximum atomic E-state index is 9.11. The molecule has 1 N–H and O–H groups in total. The summed E-state index contributed by atoms with van der Waals surface area (Å²) in [5.74, 6) is 1.65. The average Bonchev–Trinajstić information content (AvgIpc) is 2.45. The zero-order chi connectivity index (χ0) is 11.5. The number of hydrogen-bond acceptors (Lipinski definition) is 1. The summed E-state index contributed by atoms with van der Waals surface area (Å²) >= 11 is 0. The van der Waals surface area contributed by atoms with Crippen molar-refractivity contribution < 1.29 is 5.11 Å². The highest BCUT2D eigenvalue weighted by Gasteiger charge is 2.39. The molecule has 0 spiro atoms. The lowest BCUT2D eigenvalue weighted by molar-refractivity contribution is 0.199. The van der Waals surface area contributed by atoms with Crippen molar-refractivity contribution >= 4 is 0 Å².